The number of benzene rings is 3. The van der Waals surface area contributed by atoms with E-state index in [-0.39, 0.29) is 5.91 Å². The van der Waals surface area contributed by atoms with Gasteiger partial charge in [-0.05, 0) is 48.0 Å². The van der Waals surface area contributed by atoms with Crippen LogP contribution in [0.4, 0.5) is 0 Å². The Morgan fingerprint density at radius 1 is 1.12 bits per heavy atom. The lowest BCUT2D eigenvalue weighted by atomic mass is 10.1. The molecule has 0 saturated carbocycles. The molecule has 9 heteroatoms. The van der Waals surface area contributed by atoms with Gasteiger partial charge in [-0.2, -0.15) is 10.1 Å². The van der Waals surface area contributed by atoms with Gasteiger partial charge >= 0.3 is 0 Å². The fourth-order valence-electron chi connectivity index (χ4n) is 3.64. The molecule has 5 rings (SSSR count). The van der Waals surface area contributed by atoms with Gasteiger partial charge in [-0.1, -0.05) is 35.9 Å². The molecule has 0 aliphatic rings. The first kappa shape index (κ1) is 20.7. The zero-order chi connectivity index (χ0) is 22.9. The molecule has 2 N–H and O–H groups in total. The highest BCUT2D eigenvalue weighted by atomic mass is 35.5. The number of methoxy groups -OCH3 is 1. The van der Waals surface area contributed by atoms with Gasteiger partial charge in [0.2, 0.25) is 0 Å². The lowest BCUT2D eigenvalue weighted by Crippen LogP contribution is -2.23. The second-order valence-electron chi connectivity index (χ2n) is 7.41. The first-order valence-electron chi connectivity index (χ1n) is 10.1. The monoisotopic (exact) mass is 459 g/mol. The molecule has 3 aromatic carbocycles. The number of aromatic amines is 1. The molecular weight excluding hydrogens is 442 g/mol. The van der Waals surface area contributed by atoms with E-state index in [0.29, 0.717) is 39.4 Å². The fraction of sp³-hybridized carbons (Fsp3) is 0.0833. The molecule has 0 saturated heterocycles. The lowest BCUT2D eigenvalue weighted by Gasteiger charge is -2.08. The molecule has 0 radical (unpaired) electrons. The summed E-state index contributed by atoms with van der Waals surface area (Å²) in [6.07, 6.45) is 0. The molecular formula is C24H18ClN5O3. The summed E-state index contributed by atoms with van der Waals surface area (Å²) in [4.78, 5) is 29.7. The van der Waals surface area contributed by atoms with Crippen molar-refractivity contribution >= 4 is 34.1 Å². The SMILES string of the molecule is COc1cccc(CNC(=O)c2ccc3c(=O)nc4c(-c5ccc(Cl)cc5)n[nH]n4c3c2)c1. The number of halogens is 1. The van der Waals surface area contributed by atoms with E-state index < -0.39 is 5.56 Å². The number of fused-ring (bicyclic) bond motifs is 3. The highest BCUT2D eigenvalue weighted by Crippen LogP contribution is 2.24. The van der Waals surface area contributed by atoms with Gasteiger partial charge in [-0.15, -0.1) is 0 Å². The number of hydrogen-bond donors (Lipinski definition) is 2. The summed E-state index contributed by atoms with van der Waals surface area (Å²) in [5, 5.41) is 11.1. The first-order valence-corrected chi connectivity index (χ1v) is 10.5. The van der Waals surface area contributed by atoms with Crippen LogP contribution in [-0.2, 0) is 6.54 Å². The van der Waals surface area contributed by atoms with E-state index in [9.17, 15) is 9.59 Å². The molecule has 0 fully saturated rings. The molecule has 0 aliphatic carbocycles. The van der Waals surface area contributed by atoms with E-state index in [1.54, 1.807) is 54.1 Å². The van der Waals surface area contributed by atoms with Crippen LogP contribution in [-0.4, -0.2) is 32.8 Å². The first-order chi connectivity index (χ1) is 16.0. The molecule has 2 heterocycles. The largest absolute Gasteiger partial charge is 0.497 e. The van der Waals surface area contributed by atoms with Crippen molar-refractivity contribution in [3.05, 3.63) is 93.2 Å². The van der Waals surface area contributed by atoms with Gasteiger partial charge in [0.15, 0.2) is 5.65 Å². The van der Waals surface area contributed by atoms with Gasteiger partial charge < -0.3 is 10.1 Å². The Bertz CT molecular complexity index is 1560. The molecule has 5 aromatic rings. The third-order valence-corrected chi connectivity index (χ3v) is 5.58. The van der Waals surface area contributed by atoms with Crippen molar-refractivity contribution in [1.82, 2.24) is 25.1 Å². The van der Waals surface area contributed by atoms with Crippen LogP contribution >= 0.6 is 11.6 Å². The maximum Gasteiger partial charge on any atom is 0.281 e. The molecule has 164 valence electrons. The molecule has 0 aliphatic heterocycles. The van der Waals surface area contributed by atoms with Crippen molar-refractivity contribution < 1.29 is 9.53 Å². The Kier molecular flexibility index (Phi) is 5.27. The Balaban J connectivity index is 1.51. The van der Waals surface area contributed by atoms with E-state index in [2.05, 4.69) is 20.6 Å². The van der Waals surface area contributed by atoms with Crippen molar-refractivity contribution in [2.75, 3.05) is 7.11 Å². The molecule has 0 unspecified atom stereocenters. The minimum absolute atomic E-state index is 0.268. The summed E-state index contributed by atoms with van der Waals surface area (Å²) in [6.45, 7) is 0.338. The quantitative estimate of drug-likeness (QED) is 0.416. The van der Waals surface area contributed by atoms with Crippen molar-refractivity contribution in [1.29, 1.82) is 0 Å². The van der Waals surface area contributed by atoms with Crippen LogP contribution in [0.2, 0.25) is 5.02 Å². The average molecular weight is 460 g/mol. The topological polar surface area (TPSA) is 101 Å². The number of nitrogens with zero attached hydrogens (tertiary/aromatic N) is 3. The third kappa shape index (κ3) is 3.92. The van der Waals surface area contributed by atoms with Crippen LogP contribution in [0.3, 0.4) is 0 Å². The highest BCUT2D eigenvalue weighted by Gasteiger charge is 2.16. The van der Waals surface area contributed by atoms with Crippen LogP contribution in [0.1, 0.15) is 15.9 Å². The smallest absolute Gasteiger partial charge is 0.281 e. The number of nitrogens with one attached hydrogen (secondary N) is 2. The summed E-state index contributed by atoms with van der Waals surface area (Å²) in [5.74, 6) is 0.452. The number of carbonyl (C=O) groups is 1. The number of hydrogen-bond acceptors (Lipinski definition) is 5. The Labute approximate surface area is 192 Å². The van der Waals surface area contributed by atoms with E-state index in [4.69, 9.17) is 16.3 Å². The number of H-pyrrole nitrogens is 1. The van der Waals surface area contributed by atoms with Gasteiger partial charge in [0.1, 0.15) is 11.4 Å². The maximum atomic E-state index is 12.8. The van der Waals surface area contributed by atoms with Crippen LogP contribution in [0.5, 0.6) is 5.75 Å². The minimum atomic E-state index is -0.398. The molecule has 0 spiro atoms. The Morgan fingerprint density at radius 2 is 1.94 bits per heavy atom. The van der Waals surface area contributed by atoms with E-state index in [1.165, 1.54) is 0 Å². The Hall–Kier alpha value is -4.17. The highest BCUT2D eigenvalue weighted by molar-refractivity contribution is 6.30. The standard InChI is InChI=1S/C24H18ClN5O3/c1-33-18-4-2-3-14(11-18)13-26-23(31)16-7-10-19-20(12-16)30-22(27-24(19)32)21(28-29-30)15-5-8-17(25)9-6-15/h2-12,29H,13H2,1H3,(H,26,31). The van der Waals surface area contributed by atoms with E-state index in [0.717, 1.165) is 16.9 Å². The maximum absolute atomic E-state index is 12.8. The summed E-state index contributed by atoms with van der Waals surface area (Å²) in [5.41, 5.74) is 3.07. The number of carbonyl (C=O) groups excluding carboxylic acids is 1. The van der Waals surface area contributed by atoms with Gasteiger partial charge in [0.05, 0.1) is 18.0 Å². The summed E-state index contributed by atoms with van der Waals surface area (Å²) in [7, 11) is 1.60. The van der Waals surface area contributed by atoms with Crippen LogP contribution < -0.4 is 15.6 Å². The average Bonchev–Trinajstić information content (AvgIpc) is 3.27. The summed E-state index contributed by atoms with van der Waals surface area (Å²) in [6, 6.07) is 19.4. The van der Waals surface area contributed by atoms with Crippen molar-refractivity contribution in [2.45, 2.75) is 6.54 Å². The van der Waals surface area contributed by atoms with Crippen LogP contribution in [0.25, 0.3) is 27.8 Å². The zero-order valence-corrected chi connectivity index (χ0v) is 18.3. The second-order valence-corrected chi connectivity index (χ2v) is 7.85. The fourth-order valence-corrected chi connectivity index (χ4v) is 3.76. The molecule has 33 heavy (non-hydrogen) atoms. The number of rotatable bonds is 5. The predicted molar refractivity (Wildman–Crippen MR) is 126 cm³/mol. The second kappa shape index (κ2) is 8.40. The number of ether oxygens (including phenoxy) is 1. The predicted octanol–water partition coefficient (Wildman–Crippen LogP) is 3.83. The van der Waals surface area contributed by atoms with Crippen molar-refractivity contribution in [3.63, 3.8) is 0 Å². The summed E-state index contributed by atoms with van der Waals surface area (Å²) < 4.78 is 6.82. The van der Waals surface area contributed by atoms with Crippen molar-refractivity contribution in [3.8, 4) is 17.0 Å². The van der Waals surface area contributed by atoms with E-state index in [1.807, 2.05) is 24.3 Å². The molecule has 0 atom stereocenters. The minimum Gasteiger partial charge on any atom is -0.497 e. The molecule has 8 nitrogen and oxygen atoms in total. The van der Waals surface area contributed by atoms with Crippen molar-refractivity contribution in [2.24, 2.45) is 0 Å². The number of aromatic nitrogens is 4. The van der Waals surface area contributed by atoms with Gasteiger partial charge in [-0.3, -0.25) is 9.59 Å². The number of amides is 1. The normalized spacial score (nSPS) is 11.1. The van der Waals surface area contributed by atoms with Gasteiger partial charge in [0.25, 0.3) is 11.5 Å². The Morgan fingerprint density at radius 3 is 2.73 bits per heavy atom. The van der Waals surface area contributed by atoms with Gasteiger partial charge in [-0.25, -0.2) is 9.73 Å². The molecule has 0 bridgehead atoms. The van der Waals surface area contributed by atoms with Crippen LogP contribution in [0.15, 0.2) is 71.5 Å². The lowest BCUT2D eigenvalue weighted by molar-refractivity contribution is 0.0951. The molecule has 2 aromatic heterocycles. The van der Waals surface area contributed by atoms with E-state index >= 15 is 0 Å². The third-order valence-electron chi connectivity index (χ3n) is 5.33. The molecule has 1 amide bonds. The van der Waals surface area contributed by atoms with Gasteiger partial charge in [0, 0.05) is 22.7 Å². The zero-order valence-electron chi connectivity index (χ0n) is 17.5. The summed E-state index contributed by atoms with van der Waals surface area (Å²) >= 11 is 5.98. The van der Waals surface area contributed by atoms with Crippen LogP contribution in [0, 0.1) is 0 Å².